The van der Waals surface area contributed by atoms with E-state index in [-0.39, 0.29) is 22.9 Å². The molecule has 5 heteroatoms. The number of benzene rings is 1. The zero-order chi connectivity index (χ0) is 14.3. The molecule has 1 amide bonds. The van der Waals surface area contributed by atoms with Crippen LogP contribution < -0.4 is 5.32 Å². The van der Waals surface area contributed by atoms with Gasteiger partial charge in [-0.25, -0.2) is 0 Å². The summed E-state index contributed by atoms with van der Waals surface area (Å²) in [5.41, 5.74) is 0.758. The lowest BCUT2D eigenvalue weighted by Crippen LogP contribution is -2.38. The molecule has 1 saturated heterocycles. The number of hydrogen-bond acceptors (Lipinski definition) is 3. The zero-order valence-corrected chi connectivity index (χ0v) is 12.7. The molecule has 20 heavy (non-hydrogen) atoms. The van der Waals surface area contributed by atoms with Crippen LogP contribution in [0.25, 0.3) is 0 Å². The van der Waals surface area contributed by atoms with Gasteiger partial charge < -0.3 is 4.90 Å². The Morgan fingerprint density at radius 2 is 2.05 bits per heavy atom. The second-order valence-corrected chi connectivity index (χ2v) is 7.61. The third kappa shape index (κ3) is 2.29. The number of carbonyl (C=O) groups is 1. The Hall–Kier alpha value is -1.20. The molecule has 1 aliphatic heterocycles. The monoisotopic (exact) mass is 292 g/mol. The summed E-state index contributed by atoms with van der Waals surface area (Å²) in [5, 5.41) is 3.47. The summed E-state index contributed by atoms with van der Waals surface area (Å²) in [6.07, 6.45) is 3.44. The van der Waals surface area contributed by atoms with Gasteiger partial charge in [0.2, 0.25) is 5.91 Å². The van der Waals surface area contributed by atoms with E-state index in [9.17, 15) is 9.00 Å². The molecule has 108 valence electrons. The second kappa shape index (κ2) is 4.97. The number of rotatable bonds is 4. The van der Waals surface area contributed by atoms with E-state index in [1.165, 1.54) is 0 Å². The molecule has 1 saturated carbocycles. The average Bonchev–Trinajstić information content (AvgIpc) is 3.18. The summed E-state index contributed by atoms with van der Waals surface area (Å²) in [6.45, 7) is 2.47. The highest BCUT2D eigenvalue weighted by atomic mass is 32.2. The lowest BCUT2D eigenvalue weighted by atomic mass is 10.1. The van der Waals surface area contributed by atoms with Crippen molar-refractivity contribution < 1.29 is 9.00 Å². The highest BCUT2D eigenvalue weighted by Gasteiger charge is 2.59. The van der Waals surface area contributed by atoms with Gasteiger partial charge in [-0.3, -0.25) is 14.3 Å². The van der Waals surface area contributed by atoms with E-state index in [2.05, 4.69) is 5.32 Å². The summed E-state index contributed by atoms with van der Waals surface area (Å²) >= 11 is 0. The van der Waals surface area contributed by atoms with Crippen molar-refractivity contribution in [2.24, 2.45) is 0 Å². The van der Waals surface area contributed by atoms with Gasteiger partial charge in [0.1, 0.15) is 11.7 Å². The quantitative estimate of drug-likeness (QED) is 0.913. The molecule has 3 unspecified atom stereocenters. The van der Waals surface area contributed by atoms with Crippen molar-refractivity contribution in [2.75, 3.05) is 12.8 Å². The van der Waals surface area contributed by atoms with Gasteiger partial charge >= 0.3 is 0 Å². The molecule has 1 aromatic rings. The standard InChI is InChI=1S/C15H20N2O2S/c1-11(20(2)19)10-17-13(12-6-4-3-5-7-12)16-15(8-9-15)14(17)18/h3-7,11,13,16H,8-10H2,1-2H3. The van der Waals surface area contributed by atoms with Gasteiger partial charge in [-0.05, 0) is 25.3 Å². The van der Waals surface area contributed by atoms with E-state index in [1.54, 1.807) is 6.26 Å². The summed E-state index contributed by atoms with van der Waals surface area (Å²) < 4.78 is 11.6. The van der Waals surface area contributed by atoms with Crippen molar-refractivity contribution >= 4 is 16.7 Å². The maximum Gasteiger partial charge on any atom is 0.244 e. The molecule has 4 nitrogen and oxygen atoms in total. The lowest BCUT2D eigenvalue weighted by Gasteiger charge is -2.26. The number of carbonyl (C=O) groups excluding carboxylic acids is 1. The fraction of sp³-hybridized carbons (Fsp3) is 0.533. The van der Waals surface area contributed by atoms with Crippen molar-refractivity contribution in [2.45, 2.75) is 36.7 Å². The number of nitrogens with zero attached hydrogens (tertiary/aromatic N) is 1. The molecule has 1 N–H and O–H groups in total. The molecular weight excluding hydrogens is 272 g/mol. The van der Waals surface area contributed by atoms with Gasteiger partial charge in [-0.15, -0.1) is 0 Å². The average molecular weight is 292 g/mol. The van der Waals surface area contributed by atoms with Crippen LogP contribution in [0.5, 0.6) is 0 Å². The summed E-state index contributed by atoms with van der Waals surface area (Å²) in [7, 11) is -0.919. The summed E-state index contributed by atoms with van der Waals surface area (Å²) in [4.78, 5) is 14.5. The predicted octanol–water partition coefficient (Wildman–Crippen LogP) is 1.42. The fourth-order valence-corrected chi connectivity index (χ4v) is 3.12. The van der Waals surface area contributed by atoms with Crippen molar-refractivity contribution in [1.29, 1.82) is 0 Å². The van der Waals surface area contributed by atoms with Crippen LogP contribution in [0.3, 0.4) is 0 Å². The van der Waals surface area contributed by atoms with E-state index in [4.69, 9.17) is 0 Å². The summed E-state index contributed by atoms with van der Waals surface area (Å²) in [5.74, 6) is 0.170. The minimum Gasteiger partial charge on any atom is -0.320 e. The maximum atomic E-state index is 12.6. The Labute approximate surface area is 122 Å². The Bertz CT molecular complexity index is 542. The molecule has 1 spiro atoms. The topological polar surface area (TPSA) is 49.4 Å². The first-order chi connectivity index (χ1) is 9.53. The molecule has 3 rings (SSSR count). The Balaban J connectivity index is 1.87. The van der Waals surface area contributed by atoms with Gasteiger partial charge in [-0.1, -0.05) is 30.3 Å². The van der Waals surface area contributed by atoms with E-state index < -0.39 is 10.8 Å². The normalized spacial score (nSPS) is 26.8. The Kier molecular flexibility index (Phi) is 3.42. The van der Waals surface area contributed by atoms with Crippen LogP contribution >= 0.6 is 0 Å². The van der Waals surface area contributed by atoms with Gasteiger partial charge in [-0.2, -0.15) is 0 Å². The predicted molar refractivity (Wildman–Crippen MR) is 79.5 cm³/mol. The maximum absolute atomic E-state index is 12.6. The minimum absolute atomic E-state index is 0.0131. The molecule has 0 aromatic heterocycles. The van der Waals surface area contributed by atoms with Crippen LogP contribution in [0.15, 0.2) is 30.3 Å². The van der Waals surface area contributed by atoms with Crippen molar-refractivity contribution in [3.63, 3.8) is 0 Å². The molecule has 1 aromatic carbocycles. The first kappa shape index (κ1) is 13.8. The van der Waals surface area contributed by atoms with Crippen LogP contribution in [0.4, 0.5) is 0 Å². The molecule has 1 heterocycles. The van der Waals surface area contributed by atoms with Crippen LogP contribution in [0, 0.1) is 0 Å². The highest BCUT2D eigenvalue weighted by molar-refractivity contribution is 7.84. The molecule has 2 fully saturated rings. The molecule has 2 aliphatic rings. The number of nitrogens with one attached hydrogen (secondary N) is 1. The number of hydrogen-bond donors (Lipinski definition) is 1. The highest BCUT2D eigenvalue weighted by Crippen LogP contribution is 2.45. The Morgan fingerprint density at radius 1 is 1.40 bits per heavy atom. The van der Waals surface area contributed by atoms with Crippen LogP contribution in [-0.4, -0.2) is 38.6 Å². The van der Waals surface area contributed by atoms with E-state index in [0.717, 1.165) is 18.4 Å². The van der Waals surface area contributed by atoms with Gasteiger partial charge in [0.15, 0.2) is 0 Å². The zero-order valence-electron chi connectivity index (χ0n) is 11.8. The number of amides is 1. The smallest absolute Gasteiger partial charge is 0.244 e. The van der Waals surface area contributed by atoms with Crippen molar-refractivity contribution in [1.82, 2.24) is 10.2 Å². The largest absolute Gasteiger partial charge is 0.320 e. The fourth-order valence-electron chi connectivity index (χ4n) is 2.75. The molecule has 0 radical (unpaired) electrons. The van der Waals surface area contributed by atoms with Crippen LogP contribution in [0.1, 0.15) is 31.5 Å². The molecule has 0 bridgehead atoms. The van der Waals surface area contributed by atoms with Crippen molar-refractivity contribution in [3.8, 4) is 0 Å². The molecule has 3 atom stereocenters. The first-order valence-corrected chi connectivity index (χ1v) is 8.61. The van der Waals surface area contributed by atoms with E-state index in [1.807, 2.05) is 42.2 Å². The van der Waals surface area contributed by atoms with Crippen LogP contribution in [-0.2, 0) is 15.6 Å². The molecule has 1 aliphatic carbocycles. The first-order valence-electron chi connectivity index (χ1n) is 6.99. The third-order valence-corrected chi connectivity index (χ3v) is 5.56. The van der Waals surface area contributed by atoms with Gasteiger partial charge in [0.05, 0.1) is 0 Å². The Morgan fingerprint density at radius 3 is 2.60 bits per heavy atom. The SMILES string of the molecule is CC(CN1C(=O)C2(CC2)NC1c1ccccc1)S(C)=O. The lowest BCUT2D eigenvalue weighted by molar-refractivity contribution is -0.130. The van der Waals surface area contributed by atoms with Gasteiger partial charge in [0.25, 0.3) is 0 Å². The van der Waals surface area contributed by atoms with E-state index >= 15 is 0 Å². The summed E-state index contributed by atoms with van der Waals surface area (Å²) in [6, 6.07) is 10.0. The van der Waals surface area contributed by atoms with Gasteiger partial charge in [0, 0.05) is 28.9 Å². The van der Waals surface area contributed by atoms with E-state index in [0.29, 0.717) is 6.54 Å². The third-order valence-electron chi connectivity index (χ3n) is 4.28. The van der Waals surface area contributed by atoms with Crippen molar-refractivity contribution in [3.05, 3.63) is 35.9 Å². The molecular formula is C15H20N2O2S. The van der Waals surface area contributed by atoms with Crippen LogP contribution in [0.2, 0.25) is 0 Å². The second-order valence-electron chi connectivity index (χ2n) is 5.81. The minimum atomic E-state index is -0.919.